The summed E-state index contributed by atoms with van der Waals surface area (Å²) in [5.41, 5.74) is 5.77. The number of amides is 2. The third kappa shape index (κ3) is 4.23. The fourth-order valence-electron chi connectivity index (χ4n) is 4.99. The highest BCUT2D eigenvalue weighted by molar-refractivity contribution is 5.92. The Balaban J connectivity index is 1.49. The number of hydrogen-bond donors (Lipinski definition) is 2. The molecule has 0 bridgehead atoms. The van der Waals surface area contributed by atoms with E-state index in [0.29, 0.717) is 6.04 Å². The lowest BCUT2D eigenvalue weighted by atomic mass is 9.65. The number of fused-ring (bicyclic) bond motifs is 1. The summed E-state index contributed by atoms with van der Waals surface area (Å²) in [7, 11) is 5.51. The van der Waals surface area contributed by atoms with E-state index in [0.717, 1.165) is 55.1 Å². The molecule has 2 amide bonds. The summed E-state index contributed by atoms with van der Waals surface area (Å²) in [5.74, 6) is 1.51. The van der Waals surface area contributed by atoms with E-state index < -0.39 is 0 Å². The standard InChI is InChI=1S/C24H30N4O3/c1-28-14-13-24(17-9-10-20(30-2)21(15-17)31-3)12-11-19(16-22(24)28)26-27-23(29)25-18-7-5-4-6-8-18/h4-10,15,22H,11-14,16H2,1-3H3,(H2,25,27,29)/b26-19+/t22-,24-/m0/s1. The van der Waals surface area contributed by atoms with Gasteiger partial charge in [-0.05, 0) is 62.7 Å². The van der Waals surface area contributed by atoms with Gasteiger partial charge < -0.3 is 19.7 Å². The van der Waals surface area contributed by atoms with Crippen molar-refractivity contribution in [3.8, 4) is 11.5 Å². The van der Waals surface area contributed by atoms with Crippen molar-refractivity contribution >= 4 is 17.4 Å². The third-order valence-electron chi connectivity index (χ3n) is 6.67. The molecule has 0 radical (unpaired) electrons. The van der Waals surface area contributed by atoms with Gasteiger partial charge in [0.25, 0.3) is 0 Å². The number of rotatable bonds is 5. The van der Waals surface area contributed by atoms with Crippen molar-refractivity contribution in [2.45, 2.75) is 37.1 Å². The monoisotopic (exact) mass is 422 g/mol. The van der Waals surface area contributed by atoms with Crippen LogP contribution in [0.5, 0.6) is 11.5 Å². The first-order valence-electron chi connectivity index (χ1n) is 10.7. The van der Waals surface area contributed by atoms with Crippen LogP contribution in [0.4, 0.5) is 10.5 Å². The molecular formula is C24H30N4O3. The SMILES string of the molecule is COc1ccc([C@@]23CC/C(=N\NC(=O)Nc4ccccc4)C[C@@H]2N(C)CC3)cc1OC. The molecule has 2 N–H and O–H groups in total. The Morgan fingerprint density at radius 1 is 1.10 bits per heavy atom. The average molecular weight is 423 g/mol. The fourth-order valence-corrected chi connectivity index (χ4v) is 4.99. The molecule has 2 aromatic rings. The van der Waals surface area contributed by atoms with Crippen LogP contribution in [0.25, 0.3) is 0 Å². The van der Waals surface area contributed by atoms with E-state index in [1.807, 2.05) is 36.4 Å². The molecule has 2 aliphatic rings. The number of methoxy groups -OCH3 is 2. The summed E-state index contributed by atoms with van der Waals surface area (Å²) < 4.78 is 11.0. The van der Waals surface area contributed by atoms with Gasteiger partial charge in [-0.1, -0.05) is 24.3 Å². The number of para-hydroxylation sites is 1. The van der Waals surface area contributed by atoms with Crippen LogP contribution in [0.3, 0.4) is 0 Å². The maximum absolute atomic E-state index is 12.2. The number of anilines is 1. The van der Waals surface area contributed by atoms with Gasteiger partial charge in [-0.15, -0.1) is 0 Å². The number of likely N-dealkylation sites (N-methyl/N-ethyl adjacent to an activating group) is 1. The number of benzene rings is 2. The minimum Gasteiger partial charge on any atom is -0.493 e. The van der Waals surface area contributed by atoms with E-state index in [1.165, 1.54) is 5.56 Å². The normalized spacial score (nSPS) is 24.5. The van der Waals surface area contributed by atoms with Crippen LogP contribution in [0, 0.1) is 0 Å². The van der Waals surface area contributed by atoms with Crippen molar-refractivity contribution in [1.29, 1.82) is 0 Å². The second-order valence-corrected chi connectivity index (χ2v) is 8.29. The second kappa shape index (κ2) is 8.98. The largest absolute Gasteiger partial charge is 0.493 e. The lowest BCUT2D eigenvalue weighted by Crippen LogP contribution is -2.46. The molecule has 0 spiro atoms. The number of urea groups is 1. The highest BCUT2D eigenvalue weighted by Crippen LogP contribution is 2.49. The molecule has 1 aliphatic carbocycles. The number of carbonyl (C=O) groups is 1. The predicted molar refractivity (Wildman–Crippen MR) is 122 cm³/mol. The Labute approximate surface area is 183 Å². The van der Waals surface area contributed by atoms with Gasteiger partial charge in [0.05, 0.1) is 14.2 Å². The van der Waals surface area contributed by atoms with Gasteiger partial charge in [-0.25, -0.2) is 10.2 Å². The Bertz CT molecular complexity index is 963. The number of hydrazone groups is 1. The van der Waals surface area contributed by atoms with Gasteiger partial charge in [0, 0.05) is 29.3 Å². The molecule has 2 aromatic carbocycles. The number of nitrogens with one attached hydrogen (secondary N) is 2. The zero-order valence-corrected chi connectivity index (χ0v) is 18.4. The molecule has 4 rings (SSSR count). The number of carbonyl (C=O) groups excluding carboxylic acids is 1. The van der Waals surface area contributed by atoms with Crippen molar-refractivity contribution in [3.05, 3.63) is 54.1 Å². The Morgan fingerprint density at radius 3 is 2.61 bits per heavy atom. The van der Waals surface area contributed by atoms with Crippen LogP contribution in [0.1, 0.15) is 31.2 Å². The van der Waals surface area contributed by atoms with Crippen LogP contribution in [-0.2, 0) is 5.41 Å². The van der Waals surface area contributed by atoms with Crippen LogP contribution in [-0.4, -0.2) is 50.5 Å². The predicted octanol–water partition coefficient (Wildman–Crippen LogP) is 4.01. The smallest absolute Gasteiger partial charge is 0.339 e. The van der Waals surface area contributed by atoms with E-state index in [2.05, 4.69) is 39.9 Å². The van der Waals surface area contributed by atoms with Gasteiger partial charge in [0.2, 0.25) is 0 Å². The minimum absolute atomic E-state index is 0.0552. The first kappa shape index (κ1) is 21.2. The van der Waals surface area contributed by atoms with Crippen molar-refractivity contribution < 1.29 is 14.3 Å². The zero-order valence-electron chi connectivity index (χ0n) is 18.4. The van der Waals surface area contributed by atoms with E-state index >= 15 is 0 Å². The number of ether oxygens (including phenoxy) is 2. The molecule has 2 fully saturated rings. The van der Waals surface area contributed by atoms with Gasteiger partial charge in [0.1, 0.15) is 0 Å². The summed E-state index contributed by atoms with van der Waals surface area (Å²) in [4.78, 5) is 14.6. The van der Waals surface area contributed by atoms with Crippen molar-refractivity contribution in [3.63, 3.8) is 0 Å². The number of hydrogen-bond acceptors (Lipinski definition) is 5. The van der Waals surface area contributed by atoms with Crippen molar-refractivity contribution in [2.24, 2.45) is 5.10 Å². The van der Waals surface area contributed by atoms with Gasteiger partial charge in [-0.3, -0.25) is 0 Å². The maximum atomic E-state index is 12.2. The highest BCUT2D eigenvalue weighted by Gasteiger charge is 2.49. The van der Waals surface area contributed by atoms with Crippen molar-refractivity contribution in [2.75, 3.05) is 33.1 Å². The molecule has 2 atom stereocenters. The van der Waals surface area contributed by atoms with Gasteiger partial charge in [0.15, 0.2) is 11.5 Å². The third-order valence-corrected chi connectivity index (χ3v) is 6.67. The van der Waals surface area contributed by atoms with E-state index in [4.69, 9.17) is 9.47 Å². The van der Waals surface area contributed by atoms with E-state index in [-0.39, 0.29) is 11.4 Å². The molecule has 164 valence electrons. The average Bonchev–Trinajstić information content (AvgIpc) is 3.15. The van der Waals surface area contributed by atoms with Gasteiger partial charge >= 0.3 is 6.03 Å². The lowest BCUT2D eigenvalue weighted by Gasteiger charge is -2.42. The second-order valence-electron chi connectivity index (χ2n) is 8.29. The van der Waals surface area contributed by atoms with Crippen molar-refractivity contribution in [1.82, 2.24) is 10.3 Å². The maximum Gasteiger partial charge on any atom is 0.339 e. The first-order valence-corrected chi connectivity index (χ1v) is 10.7. The molecule has 7 nitrogen and oxygen atoms in total. The summed E-state index contributed by atoms with van der Waals surface area (Å²) in [6, 6.07) is 15.7. The van der Waals surface area contributed by atoms with Gasteiger partial charge in [-0.2, -0.15) is 5.10 Å². The summed E-state index contributed by atoms with van der Waals surface area (Å²) in [5, 5.41) is 7.24. The van der Waals surface area contributed by atoms with Crippen LogP contribution in [0.15, 0.2) is 53.6 Å². The molecule has 1 heterocycles. The molecular weight excluding hydrogens is 392 g/mol. The molecule has 0 unspecified atom stereocenters. The Hall–Kier alpha value is -3.06. The van der Waals surface area contributed by atoms with E-state index in [9.17, 15) is 4.79 Å². The molecule has 7 heteroatoms. The highest BCUT2D eigenvalue weighted by atomic mass is 16.5. The molecule has 31 heavy (non-hydrogen) atoms. The quantitative estimate of drug-likeness (QED) is 0.714. The summed E-state index contributed by atoms with van der Waals surface area (Å²) in [6.07, 6.45) is 3.76. The first-order chi connectivity index (χ1) is 15.1. The lowest BCUT2D eigenvalue weighted by molar-refractivity contribution is 0.225. The van der Waals surface area contributed by atoms with Crippen LogP contribution >= 0.6 is 0 Å². The molecule has 0 aromatic heterocycles. The molecule has 1 saturated carbocycles. The van der Waals surface area contributed by atoms with E-state index in [1.54, 1.807) is 14.2 Å². The van der Waals surface area contributed by atoms with Crippen LogP contribution < -0.4 is 20.2 Å². The topological polar surface area (TPSA) is 75.2 Å². The number of nitrogens with zero attached hydrogens (tertiary/aromatic N) is 2. The number of likely N-dealkylation sites (tertiary alicyclic amines) is 1. The fraction of sp³-hybridized carbons (Fsp3) is 0.417. The Morgan fingerprint density at radius 2 is 1.87 bits per heavy atom. The Kier molecular flexibility index (Phi) is 6.13. The summed E-state index contributed by atoms with van der Waals surface area (Å²) >= 11 is 0. The molecule has 1 aliphatic heterocycles. The minimum atomic E-state index is -0.324. The van der Waals surface area contributed by atoms with Crippen LogP contribution in [0.2, 0.25) is 0 Å². The zero-order chi connectivity index (χ0) is 21.8. The molecule has 1 saturated heterocycles. The summed E-state index contributed by atoms with van der Waals surface area (Å²) in [6.45, 7) is 1.04.